The fourth-order valence-corrected chi connectivity index (χ4v) is 1.21. The Kier molecular flexibility index (Phi) is 4.15. The topological polar surface area (TPSA) is 24.9 Å². The van der Waals surface area contributed by atoms with Crippen LogP contribution in [0.5, 0.6) is 0 Å². The normalized spacial score (nSPS) is 12.1. The van der Waals surface area contributed by atoms with Crippen LogP contribution in [0.15, 0.2) is 18.3 Å². The maximum atomic E-state index is 5.44. The van der Waals surface area contributed by atoms with E-state index in [1.807, 2.05) is 25.3 Å². The molecule has 1 heterocycles. The Labute approximate surface area is 85.8 Å². The van der Waals surface area contributed by atoms with Gasteiger partial charge in [-0.05, 0) is 31.5 Å². The molecule has 2 nitrogen and oxygen atoms in total. The van der Waals surface area contributed by atoms with Gasteiger partial charge in [-0.1, -0.05) is 18.9 Å². The van der Waals surface area contributed by atoms with Gasteiger partial charge in [-0.3, -0.25) is 10.3 Å². The zero-order valence-electron chi connectivity index (χ0n) is 8.75. The molecule has 74 valence electrons. The van der Waals surface area contributed by atoms with Crippen molar-refractivity contribution in [3.63, 3.8) is 0 Å². The van der Waals surface area contributed by atoms with Gasteiger partial charge in [-0.25, -0.2) is 0 Å². The fourth-order valence-electron chi connectivity index (χ4n) is 1.21. The molecule has 14 heavy (non-hydrogen) atoms. The van der Waals surface area contributed by atoms with Gasteiger partial charge < -0.3 is 0 Å². The van der Waals surface area contributed by atoms with E-state index in [0.717, 1.165) is 24.2 Å². The minimum atomic E-state index is -0.0111. The van der Waals surface area contributed by atoms with Crippen molar-refractivity contribution in [2.24, 2.45) is 0 Å². The van der Waals surface area contributed by atoms with Crippen LogP contribution in [0.3, 0.4) is 0 Å². The maximum absolute atomic E-state index is 5.44. The van der Waals surface area contributed by atoms with E-state index in [4.69, 9.17) is 6.42 Å². The number of aryl methyl sites for hydroxylation is 1. The summed E-state index contributed by atoms with van der Waals surface area (Å²) in [6, 6.07) is 3.99. The van der Waals surface area contributed by atoms with Gasteiger partial charge >= 0.3 is 0 Å². The van der Waals surface area contributed by atoms with Crippen molar-refractivity contribution in [3.8, 4) is 12.3 Å². The first kappa shape index (κ1) is 10.7. The number of pyridine rings is 1. The van der Waals surface area contributed by atoms with Crippen LogP contribution >= 0.6 is 0 Å². The summed E-state index contributed by atoms with van der Waals surface area (Å²) in [6.07, 6.45) is 8.36. The van der Waals surface area contributed by atoms with Crippen molar-refractivity contribution < 1.29 is 0 Å². The number of hydrogen-bond acceptors (Lipinski definition) is 2. The molecule has 1 atom stereocenters. The van der Waals surface area contributed by atoms with E-state index in [1.165, 1.54) is 0 Å². The third kappa shape index (κ3) is 2.86. The predicted molar refractivity (Wildman–Crippen MR) is 58.8 cm³/mol. The summed E-state index contributed by atoms with van der Waals surface area (Å²) in [5.41, 5.74) is 2.08. The second kappa shape index (κ2) is 5.41. The zero-order valence-corrected chi connectivity index (χ0v) is 8.75. The summed E-state index contributed by atoms with van der Waals surface area (Å²) in [5.74, 6) is 2.72. The molecule has 0 aliphatic carbocycles. The zero-order chi connectivity index (χ0) is 10.4. The van der Waals surface area contributed by atoms with Crippen molar-refractivity contribution in [3.05, 3.63) is 29.6 Å². The number of nitrogens with one attached hydrogen (secondary N) is 1. The second-order valence-corrected chi connectivity index (χ2v) is 3.29. The highest BCUT2D eigenvalue weighted by Gasteiger charge is 2.05. The van der Waals surface area contributed by atoms with Crippen LogP contribution in [0.1, 0.15) is 30.6 Å². The Hall–Kier alpha value is -1.33. The smallest absolute Gasteiger partial charge is 0.0958 e. The molecule has 0 bridgehead atoms. The monoisotopic (exact) mass is 188 g/mol. The number of hydrogen-bond donors (Lipinski definition) is 1. The molecule has 0 aliphatic heterocycles. The third-order valence-corrected chi connectivity index (χ3v) is 2.03. The summed E-state index contributed by atoms with van der Waals surface area (Å²) >= 11 is 0. The molecule has 0 aliphatic rings. The molecule has 0 saturated heterocycles. The standard InChI is InChI=1S/C12H16N2/c1-4-8-13-12(5-2)11-7-6-10(3)14-9-11/h2,6-7,9,12-13H,4,8H2,1,3H3. The lowest BCUT2D eigenvalue weighted by Crippen LogP contribution is -2.20. The third-order valence-electron chi connectivity index (χ3n) is 2.03. The minimum absolute atomic E-state index is 0.0111. The highest BCUT2D eigenvalue weighted by molar-refractivity contribution is 5.23. The van der Waals surface area contributed by atoms with Crippen LogP contribution in [-0.4, -0.2) is 11.5 Å². The van der Waals surface area contributed by atoms with E-state index in [2.05, 4.69) is 23.1 Å². The Morgan fingerprint density at radius 1 is 1.57 bits per heavy atom. The Balaban J connectivity index is 2.70. The van der Waals surface area contributed by atoms with Gasteiger partial charge in [-0.15, -0.1) is 6.42 Å². The Morgan fingerprint density at radius 2 is 2.36 bits per heavy atom. The lowest BCUT2D eigenvalue weighted by molar-refractivity contribution is 0.624. The predicted octanol–water partition coefficient (Wildman–Crippen LogP) is 2.06. The van der Waals surface area contributed by atoms with Crippen LogP contribution in [0.2, 0.25) is 0 Å². The van der Waals surface area contributed by atoms with Gasteiger partial charge in [0, 0.05) is 11.9 Å². The Bertz CT molecular complexity index is 308. The summed E-state index contributed by atoms with van der Waals surface area (Å²) in [6.45, 7) is 5.02. The van der Waals surface area contributed by atoms with Crippen LogP contribution in [0, 0.1) is 19.3 Å². The number of nitrogens with zero attached hydrogens (tertiary/aromatic N) is 1. The molecule has 0 fully saturated rings. The largest absolute Gasteiger partial charge is 0.300 e. The summed E-state index contributed by atoms with van der Waals surface area (Å²) in [4.78, 5) is 4.22. The SMILES string of the molecule is C#CC(NCCC)c1ccc(C)nc1. The van der Waals surface area contributed by atoms with E-state index in [0.29, 0.717) is 0 Å². The van der Waals surface area contributed by atoms with Gasteiger partial charge in [0.2, 0.25) is 0 Å². The minimum Gasteiger partial charge on any atom is -0.300 e. The first-order valence-corrected chi connectivity index (χ1v) is 4.90. The van der Waals surface area contributed by atoms with Crippen LogP contribution < -0.4 is 5.32 Å². The van der Waals surface area contributed by atoms with E-state index in [9.17, 15) is 0 Å². The molecule has 0 amide bonds. The Morgan fingerprint density at radius 3 is 2.86 bits per heavy atom. The summed E-state index contributed by atoms with van der Waals surface area (Å²) < 4.78 is 0. The van der Waals surface area contributed by atoms with Crippen molar-refractivity contribution in [2.75, 3.05) is 6.54 Å². The van der Waals surface area contributed by atoms with Crippen LogP contribution in [-0.2, 0) is 0 Å². The van der Waals surface area contributed by atoms with Gasteiger partial charge in [0.05, 0.1) is 6.04 Å². The lowest BCUT2D eigenvalue weighted by Gasteiger charge is -2.12. The van der Waals surface area contributed by atoms with Crippen LogP contribution in [0.25, 0.3) is 0 Å². The summed E-state index contributed by atoms with van der Waals surface area (Å²) in [5, 5.41) is 3.28. The lowest BCUT2D eigenvalue weighted by atomic mass is 10.1. The highest BCUT2D eigenvalue weighted by Crippen LogP contribution is 2.10. The van der Waals surface area contributed by atoms with E-state index < -0.39 is 0 Å². The summed E-state index contributed by atoms with van der Waals surface area (Å²) in [7, 11) is 0. The molecule has 1 N–H and O–H groups in total. The van der Waals surface area contributed by atoms with Crippen LogP contribution in [0.4, 0.5) is 0 Å². The molecule has 0 radical (unpaired) electrons. The first-order valence-electron chi connectivity index (χ1n) is 4.90. The van der Waals surface area contributed by atoms with E-state index in [1.54, 1.807) is 0 Å². The van der Waals surface area contributed by atoms with Gasteiger partial charge in [0.1, 0.15) is 0 Å². The number of terminal acetylenes is 1. The molecule has 1 aromatic heterocycles. The van der Waals surface area contributed by atoms with Gasteiger partial charge in [0.15, 0.2) is 0 Å². The molecule has 0 aromatic carbocycles. The van der Waals surface area contributed by atoms with E-state index >= 15 is 0 Å². The highest BCUT2D eigenvalue weighted by atomic mass is 14.9. The second-order valence-electron chi connectivity index (χ2n) is 3.29. The van der Waals surface area contributed by atoms with Crippen molar-refractivity contribution in [1.82, 2.24) is 10.3 Å². The van der Waals surface area contributed by atoms with Crippen molar-refractivity contribution in [1.29, 1.82) is 0 Å². The van der Waals surface area contributed by atoms with Crippen molar-refractivity contribution >= 4 is 0 Å². The van der Waals surface area contributed by atoms with Crippen molar-refractivity contribution in [2.45, 2.75) is 26.3 Å². The average Bonchev–Trinajstić information content (AvgIpc) is 2.21. The molecule has 1 unspecified atom stereocenters. The molecule has 2 heteroatoms. The van der Waals surface area contributed by atoms with E-state index in [-0.39, 0.29) is 6.04 Å². The van der Waals surface area contributed by atoms with Gasteiger partial charge in [-0.2, -0.15) is 0 Å². The molecular weight excluding hydrogens is 172 g/mol. The molecule has 1 aromatic rings. The number of aromatic nitrogens is 1. The average molecular weight is 188 g/mol. The maximum Gasteiger partial charge on any atom is 0.0958 e. The number of rotatable bonds is 4. The molecule has 0 saturated carbocycles. The molecule has 0 spiro atoms. The molecule has 1 rings (SSSR count). The quantitative estimate of drug-likeness (QED) is 0.732. The van der Waals surface area contributed by atoms with Gasteiger partial charge in [0.25, 0.3) is 0 Å². The first-order chi connectivity index (χ1) is 6.77. The molecular formula is C12H16N2. The fraction of sp³-hybridized carbons (Fsp3) is 0.417.